The number of carbonyl (C=O) groups excluding carboxylic acids is 1. The Morgan fingerprint density at radius 1 is 1.37 bits per heavy atom. The first-order valence-corrected chi connectivity index (χ1v) is 5.93. The van der Waals surface area contributed by atoms with Crippen LogP contribution >= 0.6 is 0 Å². The normalized spacial score (nSPS) is 12.4. The van der Waals surface area contributed by atoms with Gasteiger partial charge in [0.05, 0.1) is 30.3 Å². The van der Waals surface area contributed by atoms with E-state index in [0.29, 0.717) is 5.82 Å². The van der Waals surface area contributed by atoms with Gasteiger partial charge in [-0.2, -0.15) is 0 Å². The van der Waals surface area contributed by atoms with E-state index >= 15 is 0 Å². The highest BCUT2D eigenvalue weighted by Crippen LogP contribution is 2.10. The van der Waals surface area contributed by atoms with Crippen molar-refractivity contribution in [2.24, 2.45) is 11.7 Å². The molecule has 0 saturated heterocycles. The topological polar surface area (TPSA) is 98.7 Å². The van der Waals surface area contributed by atoms with Crippen LogP contribution in [0.5, 0.6) is 0 Å². The molecular weight excluding hydrogens is 244 g/mol. The molecule has 0 fully saturated rings. The van der Waals surface area contributed by atoms with Crippen molar-refractivity contribution in [1.29, 1.82) is 0 Å². The van der Waals surface area contributed by atoms with Gasteiger partial charge < -0.3 is 15.6 Å². The largest absolute Gasteiger partial charge is 0.320 e. The summed E-state index contributed by atoms with van der Waals surface area (Å²) < 4.78 is 1.72. The average Bonchev–Trinajstić information content (AvgIpc) is 2.87. The lowest BCUT2D eigenvalue weighted by Crippen LogP contribution is -2.39. The maximum absolute atomic E-state index is 11.8. The number of hydrogen-bond acceptors (Lipinski definition) is 5. The minimum Gasteiger partial charge on any atom is -0.320 e. The van der Waals surface area contributed by atoms with Gasteiger partial charge in [0.15, 0.2) is 5.82 Å². The van der Waals surface area contributed by atoms with Gasteiger partial charge in [0.25, 0.3) is 0 Å². The molecule has 0 spiro atoms. The van der Waals surface area contributed by atoms with Gasteiger partial charge in [0.2, 0.25) is 5.91 Å². The van der Waals surface area contributed by atoms with Crippen molar-refractivity contribution in [3.8, 4) is 5.69 Å². The first-order valence-electron chi connectivity index (χ1n) is 5.93. The number of carbonyl (C=O) groups is 1. The highest BCUT2D eigenvalue weighted by molar-refractivity contribution is 5.93. The molecule has 0 saturated carbocycles. The van der Waals surface area contributed by atoms with E-state index in [0.717, 1.165) is 5.69 Å². The summed E-state index contributed by atoms with van der Waals surface area (Å²) in [6.45, 7) is 3.79. The number of anilines is 1. The summed E-state index contributed by atoms with van der Waals surface area (Å²) in [5, 5.41) is 2.68. The number of hydrogen-bond donors (Lipinski definition) is 2. The maximum Gasteiger partial charge on any atom is 0.242 e. The summed E-state index contributed by atoms with van der Waals surface area (Å²) in [7, 11) is 0. The molecule has 7 nitrogen and oxygen atoms in total. The van der Waals surface area contributed by atoms with E-state index in [4.69, 9.17) is 5.73 Å². The van der Waals surface area contributed by atoms with Gasteiger partial charge in [-0.3, -0.25) is 4.79 Å². The lowest BCUT2D eigenvalue weighted by atomic mass is 10.1. The Labute approximate surface area is 110 Å². The third kappa shape index (κ3) is 3.14. The number of rotatable bonds is 4. The molecule has 0 aliphatic carbocycles. The Kier molecular flexibility index (Phi) is 3.86. The fraction of sp³-hybridized carbons (Fsp3) is 0.333. The minimum atomic E-state index is -0.551. The second-order valence-electron chi connectivity index (χ2n) is 4.52. The van der Waals surface area contributed by atoms with Gasteiger partial charge in [-0.25, -0.2) is 15.0 Å². The quantitative estimate of drug-likeness (QED) is 0.838. The lowest BCUT2D eigenvalue weighted by molar-refractivity contribution is -0.118. The maximum atomic E-state index is 11.8. The first-order chi connectivity index (χ1) is 9.08. The Hall–Kier alpha value is -2.28. The first kappa shape index (κ1) is 13.2. The predicted octanol–water partition coefficient (Wildman–Crippen LogP) is 0.584. The Morgan fingerprint density at radius 3 is 2.68 bits per heavy atom. The predicted molar refractivity (Wildman–Crippen MR) is 70.6 cm³/mol. The number of amides is 1. The van der Waals surface area contributed by atoms with Crippen LogP contribution in [-0.2, 0) is 4.79 Å². The van der Waals surface area contributed by atoms with E-state index in [-0.39, 0.29) is 11.8 Å². The molecule has 0 bridgehead atoms. The molecule has 100 valence electrons. The summed E-state index contributed by atoms with van der Waals surface area (Å²) in [6.07, 6.45) is 8.02. The molecule has 7 heteroatoms. The zero-order chi connectivity index (χ0) is 13.8. The van der Waals surface area contributed by atoms with E-state index in [1.54, 1.807) is 29.5 Å². The molecule has 1 amide bonds. The number of nitrogens with two attached hydrogens (primary N) is 1. The Bertz CT molecular complexity index is 550. The SMILES string of the molecule is CC(C)C(N)C(=O)Nc1cn(-c2cncnc2)cn1. The molecule has 2 rings (SSSR count). The smallest absolute Gasteiger partial charge is 0.242 e. The number of imidazole rings is 1. The molecule has 0 aliphatic rings. The third-order valence-electron chi connectivity index (χ3n) is 2.70. The summed E-state index contributed by atoms with van der Waals surface area (Å²) in [6, 6.07) is -0.551. The second kappa shape index (κ2) is 5.57. The van der Waals surface area contributed by atoms with Crippen molar-refractivity contribution >= 4 is 11.7 Å². The highest BCUT2D eigenvalue weighted by atomic mass is 16.2. The van der Waals surface area contributed by atoms with Gasteiger partial charge in [-0.1, -0.05) is 13.8 Å². The van der Waals surface area contributed by atoms with Gasteiger partial charge in [0.1, 0.15) is 12.7 Å². The summed E-state index contributed by atoms with van der Waals surface area (Å²) in [4.78, 5) is 23.7. The minimum absolute atomic E-state index is 0.0737. The van der Waals surface area contributed by atoms with E-state index in [2.05, 4.69) is 20.3 Å². The standard InChI is InChI=1S/C12H16N6O/c1-8(2)11(13)12(19)17-10-5-18(7-16-10)9-3-14-6-15-4-9/h3-8,11H,13H2,1-2H3,(H,17,19). The van der Waals surface area contributed by atoms with Crippen molar-refractivity contribution in [2.45, 2.75) is 19.9 Å². The van der Waals surface area contributed by atoms with Crippen molar-refractivity contribution < 1.29 is 4.79 Å². The van der Waals surface area contributed by atoms with Crippen molar-refractivity contribution in [3.63, 3.8) is 0 Å². The Morgan fingerprint density at radius 2 is 2.05 bits per heavy atom. The van der Waals surface area contributed by atoms with Crippen molar-refractivity contribution in [1.82, 2.24) is 19.5 Å². The van der Waals surface area contributed by atoms with Crippen molar-refractivity contribution in [3.05, 3.63) is 31.2 Å². The lowest BCUT2D eigenvalue weighted by Gasteiger charge is -2.13. The zero-order valence-corrected chi connectivity index (χ0v) is 10.8. The molecule has 3 N–H and O–H groups in total. The average molecular weight is 260 g/mol. The van der Waals surface area contributed by atoms with Crippen LogP contribution in [0.4, 0.5) is 5.82 Å². The fourth-order valence-electron chi connectivity index (χ4n) is 1.47. The van der Waals surface area contributed by atoms with Crippen LogP contribution in [0.25, 0.3) is 5.69 Å². The molecule has 0 radical (unpaired) electrons. The van der Waals surface area contributed by atoms with E-state index in [1.807, 2.05) is 13.8 Å². The van der Waals surface area contributed by atoms with Crippen molar-refractivity contribution in [2.75, 3.05) is 5.32 Å². The van der Waals surface area contributed by atoms with Crippen LogP contribution in [0.15, 0.2) is 31.2 Å². The number of nitrogens with one attached hydrogen (secondary N) is 1. The van der Waals surface area contributed by atoms with Crippen LogP contribution in [-0.4, -0.2) is 31.5 Å². The van der Waals surface area contributed by atoms with Crippen LogP contribution < -0.4 is 11.1 Å². The van der Waals surface area contributed by atoms with E-state index in [1.165, 1.54) is 6.33 Å². The summed E-state index contributed by atoms with van der Waals surface area (Å²) in [5.74, 6) is 0.277. The van der Waals surface area contributed by atoms with Gasteiger partial charge in [-0.15, -0.1) is 0 Å². The molecular formula is C12H16N6O. The molecule has 0 aliphatic heterocycles. The molecule has 19 heavy (non-hydrogen) atoms. The number of aromatic nitrogens is 4. The van der Waals surface area contributed by atoms with Crippen LogP contribution in [0, 0.1) is 5.92 Å². The monoisotopic (exact) mass is 260 g/mol. The molecule has 2 heterocycles. The summed E-state index contributed by atoms with van der Waals surface area (Å²) >= 11 is 0. The van der Waals surface area contributed by atoms with Gasteiger partial charge in [-0.05, 0) is 5.92 Å². The highest BCUT2D eigenvalue weighted by Gasteiger charge is 2.17. The van der Waals surface area contributed by atoms with Crippen LogP contribution in [0.3, 0.4) is 0 Å². The summed E-state index contributed by atoms with van der Waals surface area (Å²) in [5.41, 5.74) is 6.53. The fourth-order valence-corrected chi connectivity index (χ4v) is 1.47. The molecule has 2 aromatic rings. The molecule has 1 atom stereocenters. The van der Waals surface area contributed by atoms with E-state index < -0.39 is 6.04 Å². The van der Waals surface area contributed by atoms with Gasteiger partial charge >= 0.3 is 0 Å². The number of nitrogens with zero attached hydrogens (tertiary/aromatic N) is 4. The third-order valence-corrected chi connectivity index (χ3v) is 2.70. The molecule has 1 unspecified atom stereocenters. The van der Waals surface area contributed by atoms with E-state index in [9.17, 15) is 4.79 Å². The Balaban J connectivity index is 2.08. The molecule has 0 aromatic carbocycles. The molecule has 2 aromatic heterocycles. The van der Waals surface area contributed by atoms with Crippen LogP contribution in [0.2, 0.25) is 0 Å². The van der Waals surface area contributed by atoms with Crippen LogP contribution in [0.1, 0.15) is 13.8 Å². The second-order valence-corrected chi connectivity index (χ2v) is 4.52. The zero-order valence-electron chi connectivity index (χ0n) is 10.8. The van der Waals surface area contributed by atoms with Gasteiger partial charge in [0, 0.05) is 0 Å².